The highest BCUT2D eigenvalue weighted by molar-refractivity contribution is 5.45. The first-order valence-electron chi connectivity index (χ1n) is 6.50. The topological polar surface area (TPSA) is 67.2 Å². The van der Waals surface area contributed by atoms with Gasteiger partial charge in [-0.2, -0.15) is 11.0 Å². The van der Waals surface area contributed by atoms with Gasteiger partial charge in [0.15, 0.2) is 12.8 Å². The normalized spacial score (nSPS) is 11.4. The second-order valence-electron chi connectivity index (χ2n) is 3.87. The quantitative estimate of drug-likeness (QED) is 0.228. The zero-order valence-corrected chi connectivity index (χ0v) is 11.5. The Balaban J connectivity index is 2.94. The molecule has 0 aromatic rings. The molecule has 2 N–H and O–H groups in total. The monoisotopic (exact) mass is 258 g/mol. The maximum Gasteiger partial charge on any atom is 0.196 e. The number of nitrogens with zero attached hydrogens (tertiary/aromatic N) is 2. The average Bonchev–Trinajstić information content (AvgIpc) is 2.39. The van der Waals surface area contributed by atoms with Gasteiger partial charge in [0.2, 0.25) is 0 Å². The van der Waals surface area contributed by atoms with Gasteiger partial charge in [-0.25, -0.2) is 0 Å². The minimum Gasteiger partial charge on any atom is -0.397 e. The number of nitrogens with one attached hydrogen (secondary N) is 2. The highest BCUT2D eigenvalue weighted by atomic mass is 16.6. The van der Waals surface area contributed by atoms with E-state index in [0.717, 1.165) is 25.9 Å². The Hall–Kier alpha value is -1.14. The molecule has 6 heteroatoms. The van der Waals surface area contributed by atoms with E-state index in [9.17, 15) is 0 Å². The summed E-state index contributed by atoms with van der Waals surface area (Å²) >= 11 is 0. The van der Waals surface area contributed by atoms with Crippen molar-refractivity contribution in [1.29, 1.82) is 0 Å². The summed E-state index contributed by atoms with van der Waals surface area (Å²) in [5.74, 6) is 0. The zero-order chi connectivity index (χ0) is 13.3. The zero-order valence-electron chi connectivity index (χ0n) is 11.5. The second-order valence-corrected chi connectivity index (χ2v) is 3.87. The van der Waals surface area contributed by atoms with Gasteiger partial charge in [-0.1, -0.05) is 25.7 Å². The standard InChI is InChI=1S/C12H26N4O2/c1-13-11-17-15-9-7-5-3-4-6-8-10-16-18-12-14-2/h11-12,15-16H,3-10H2,1-2H3. The molecule has 0 aliphatic heterocycles. The lowest BCUT2D eigenvalue weighted by Gasteiger charge is -2.04. The number of rotatable bonds is 13. The van der Waals surface area contributed by atoms with Crippen LogP contribution in [0.2, 0.25) is 0 Å². The lowest BCUT2D eigenvalue weighted by Crippen LogP contribution is -2.15. The Labute approximate surface area is 110 Å². The van der Waals surface area contributed by atoms with Crippen molar-refractivity contribution in [2.75, 3.05) is 27.2 Å². The largest absolute Gasteiger partial charge is 0.397 e. The number of unbranched alkanes of at least 4 members (excludes halogenated alkanes) is 5. The summed E-state index contributed by atoms with van der Waals surface area (Å²) in [6, 6.07) is 0. The van der Waals surface area contributed by atoms with E-state index in [4.69, 9.17) is 9.68 Å². The molecule has 18 heavy (non-hydrogen) atoms. The van der Waals surface area contributed by atoms with Gasteiger partial charge < -0.3 is 9.68 Å². The SMILES string of the molecule is CN=CONCCCCCCCCNOC=NC. The van der Waals surface area contributed by atoms with E-state index in [-0.39, 0.29) is 0 Å². The average molecular weight is 258 g/mol. The third kappa shape index (κ3) is 14.9. The smallest absolute Gasteiger partial charge is 0.196 e. The van der Waals surface area contributed by atoms with Crippen LogP contribution in [0.3, 0.4) is 0 Å². The first-order chi connectivity index (χ1) is 8.91. The molecule has 0 aromatic heterocycles. The molecule has 6 nitrogen and oxygen atoms in total. The Bertz CT molecular complexity index is 188. The fraction of sp³-hybridized carbons (Fsp3) is 0.833. The molecule has 0 saturated heterocycles. The predicted octanol–water partition coefficient (Wildman–Crippen LogP) is 1.69. The summed E-state index contributed by atoms with van der Waals surface area (Å²) in [5.41, 5.74) is 5.66. The van der Waals surface area contributed by atoms with Crippen LogP contribution < -0.4 is 11.0 Å². The second kappa shape index (κ2) is 15.9. The van der Waals surface area contributed by atoms with Gasteiger partial charge in [-0.3, -0.25) is 9.98 Å². The molecule has 0 aliphatic carbocycles. The van der Waals surface area contributed by atoms with Crippen LogP contribution in [0.1, 0.15) is 38.5 Å². The summed E-state index contributed by atoms with van der Waals surface area (Å²) in [4.78, 5) is 17.2. The van der Waals surface area contributed by atoms with E-state index < -0.39 is 0 Å². The third-order valence-corrected chi connectivity index (χ3v) is 2.29. The van der Waals surface area contributed by atoms with Crippen molar-refractivity contribution >= 4 is 12.8 Å². The van der Waals surface area contributed by atoms with E-state index in [1.165, 1.54) is 38.5 Å². The van der Waals surface area contributed by atoms with Crippen LogP contribution in [0.5, 0.6) is 0 Å². The molecule has 0 spiro atoms. The molecule has 0 fully saturated rings. The molecule has 0 heterocycles. The van der Waals surface area contributed by atoms with Gasteiger partial charge >= 0.3 is 0 Å². The lowest BCUT2D eigenvalue weighted by atomic mass is 10.1. The van der Waals surface area contributed by atoms with E-state index in [1.807, 2.05) is 0 Å². The Kier molecular flexibility index (Phi) is 14.9. The maximum atomic E-state index is 4.90. The predicted molar refractivity (Wildman–Crippen MR) is 74.7 cm³/mol. The van der Waals surface area contributed by atoms with Crippen molar-refractivity contribution in [2.24, 2.45) is 9.98 Å². The molecule has 0 bridgehead atoms. The molecule has 0 aliphatic rings. The van der Waals surface area contributed by atoms with Crippen molar-refractivity contribution in [3.63, 3.8) is 0 Å². The molecule has 0 rings (SSSR count). The fourth-order valence-electron chi connectivity index (χ4n) is 1.40. The van der Waals surface area contributed by atoms with Crippen LogP contribution >= 0.6 is 0 Å². The van der Waals surface area contributed by atoms with Crippen LogP contribution in [0.25, 0.3) is 0 Å². The molecule has 0 unspecified atom stereocenters. The van der Waals surface area contributed by atoms with Gasteiger partial charge in [-0.05, 0) is 12.8 Å². The summed E-state index contributed by atoms with van der Waals surface area (Å²) in [6.07, 6.45) is 10.0. The lowest BCUT2D eigenvalue weighted by molar-refractivity contribution is 0.188. The van der Waals surface area contributed by atoms with Crippen molar-refractivity contribution in [3.05, 3.63) is 0 Å². The van der Waals surface area contributed by atoms with E-state index in [2.05, 4.69) is 20.9 Å². The highest BCUT2D eigenvalue weighted by Gasteiger charge is 1.92. The summed E-state index contributed by atoms with van der Waals surface area (Å²) in [6.45, 7) is 1.75. The highest BCUT2D eigenvalue weighted by Crippen LogP contribution is 2.04. The van der Waals surface area contributed by atoms with Crippen LogP contribution in [0.15, 0.2) is 9.98 Å². The minimum atomic E-state index is 0.873. The maximum absolute atomic E-state index is 4.90. The number of hydrogen-bond acceptors (Lipinski definition) is 6. The molecule has 0 radical (unpaired) electrons. The van der Waals surface area contributed by atoms with Gasteiger partial charge in [0, 0.05) is 27.2 Å². The van der Waals surface area contributed by atoms with Crippen molar-refractivity contribution in [3.8, 4) is 0 Å². The van der Waals surface area contributed by atoms with Crippen molar-refractivity contribution < 1.29 is 9.68 Å². The molecular weight excluding hydrogens is 232 g/mol. The number of hydrogen-bond donors (Lipinski definition) is 2. The van der Waals surface area contributed by atoms with E-state index >= 15 is 0 Å². The first kappa shape index (κ1) is 16.9. The van der Waals surface area contributed by atoms with Crippen LogP contribution in [-0.2, 0) is 9.68 Å². The van der Waals surface area contributed by atoms with E-state index in [1.54, 1.807) is 14.1 Å². The van der Waals surface area contributed by atoms with Crippen molar-refractivity contribution in [1.82, 2.24) is 11.0 Å². The van der Waals surface area contributed by atoms with Crippen LogP contribution in [-0.4, -0.2) is 40.0 Å². The molecule has 0 saturated carbocycles. The van der Waals surface area contributed by atoms with E-state index in [0.29, 0.717) is 0 Å². The van der Waals surface area contributed by atoms with Gasteiger partial charge in [0.25, 0.3) is 0 Å². The molecular formula is C12H26N4O2. The molecule has 0 atom stereocenters. The summed E-state index contributed by atoms with van der Waals surface area (Å²) < 4.78 is 0. The Morgan fingerprint density at radius 1 is 0.722 bits per heavy atom. The summed E-state index contributed by atoms with van der Waals surface area (Å²) in [7, 11) is 3.35. The molecule has 106 valence electrons. The van der Waals surface area contributed by atoms with Gasteiger partial charge in [0.1, 0.15) is 0 Å². The third-order valence-electron chi connectivity index (χ3n) is 2.29. The Morgan fingerprint density at radius 2 is 1.11 bits per heavy atom. The van der Waals surface area contributed by atoms with Crippen LogP contribution in [0.4, 0.5) is 0 Å². The van der Waals surface area contributed by atoms with Crippen LogP contribution in [0, 0.1) is 0 Å². The number of aliphatic imine (C=N–C) groups is 2. The molecule has 0 aromatic carbocycles. The summed E-state index contributed by atoms with van der Waals surface area (Å²) in [5, 5.41) is 0. The fourth-order valence-corrected chi connectivity index (χ4v) is 1.40. The minimum absolute atomic E-state index is 0.873. The Morgan fingerprint density at radius 3 is 1.50 bits per heavy atom. The first-order valence-corrected chi connectivity index (χ1v) is 6.50. The van der Waals surface area contributed by atoms with Crippen molar-refractivity contribution in [2.45, 2.75) is 38.5 Å². The van der Waals surface area contributed by atoms with Gasteiger partial charge in [0.05, 0.1) is 0 Å². The molecule has 0 amide bonds. The number of hydroxylamine groups is 2. The van der Waals surface area contributed by atoms with Gasteiger partial charge in [-0.15, -0.1) is 0 Å².